The van der Waals surface area contributed by atoms with Gasteiger partial charge in [0.1, 0.15) is 5.75 Å². The zero-order valence-electron chi connectivity index (χ0n) is 18.1. The van der Waals surface area contributed by atoms with E-state index < -0.39 is 0 Å². The Morgan fingerprint density at radius 2 is 1.97 bits per heavy atom. The number of likely N-dealkylation sites (N-methyl/N-ethyl adjacent to an activating group) is 1. The van der Waals surface area contributed by atoms with Gasteiger partial charge in [0, 0.05) is 68.4 Å². The first-order chi connectivity index (χ1) is 14.5. The molecule has 1 atom stereocenters. The normalized spacial score (nSPS) is 24.1. The molecule has 30 heavy (non-hydrogen) atoms. The fourth-order valence-corrected chi connectivity index (χ4v) is 6.01. The summed E-state index contributed by atoms with van der Waals surface area (Å²) in [5.41, 5.74) is 3.37. The van der Waals surface area contributed by atoms with E-state index in [9.17, 15) is 9.90 Å². The lowest BCUT2D eigenvalue weighted by Crippen LogP contribution is -2.66. The number of benzene rings is 1. The molecule has 4 heterocycles. The second-order valence-corrected chi connectivity index (χ2v) is 9.21. The van der Waals surface area contributed by atoms with E-state index in [1.165, 1.54) is 10.9 Å². The Labute approximate surface area is 177 Å². The van der Waals surface area contributed by atoms with Crippen LogP contribution in [0.5, 0.6) is 5.75 Å². The molecule has 1 aromatic carbocycles. The Kier molecular flexibility index (Phi) is 4.80. The van der Waals surface area contributed by atoms with E-state index in [1.54, 1.807) is 7.11 Å². The van der Waals surface area contributed by atoms with Crippen molar-refractivity contribution in [3.63, 3.8) is 0 Å². The van der Waals surface area contributed by atoms with Gasteiger partial charge in [0.25, 0.3) is 0 Å². The molecular formula is C23H31N3O4. The summed E-state index contributed by atoms with van der Waals surface area (Å²) in [5.74, 6) is 0.967. The Morgan fingerprint density at radius 1 is 1.23 bits per heavy atom. The largest absolute Gasteiger partial charge is 0.497 e. The molecule has 162 valence electrons. The standard InChI is InChI=1S/C23H31N3O4/c1-24-12-23(13-24)14-26(22(28)15-6-8-30-9-7-15)19(11-27)21-20(23)17-5-4-16(29-3)10-18(17)25(21)2/h4-5,10,15,19,27H,6-9,11-14H2,1-3H3/t19-/m1/s1. The summed E-state index contributed by atoms with van der Waals surface area (Å²) in [6.07, 6.45) is 1.53. The summed E-state index contributed by atoms with van der Waals surface area (Å²) in [4.78, 5) is 17.9. The zero-order chi connectivity index (χ0) is 21.0. The van der Waals surface area contributed by atoms with Crippen LogP contribution in [0.3, 0.4) is 0 Å². The second-order valence-electron chi connectivity index (χ2n) is 9.21. The predicted molar refractivity (Wildman–Crippen MR) is 114 cm³/mol. The first-order valence-corrected chi connectivity index (χ1v) is 10.8. The molecule has 1 aromatic heterocycles. The van der Waals surface area contributed by atoms with Gasteiger partial charge in [0.2, 0.25) is 5.91 Å². The molecule has 7 nitrogen and oxygen atoms in total. The van der Waals surface area contributed by atoms with Crippen LogP contribution in [0.25, 0.3) is 10.9 Å². The van der Waals surface area contributed by atoms with E-state index in [-0.39, 0.29) is 29.9 Å². The van der Waals surface area contributed by atoms with Crippen molar-refractivity contribution in [3.8, 4) is 5.75 Å². The Morgan fingerprint density at radius 3 is 2.60 bits per heavy atom. The van der Waals surface area contributed by atoms with Crippen LogP contribution in [0.2, 0.25) is 0 Å². The molecule has 0 saturated carbocycles. The number of aliphatic hydroxyl groups excluding tert-OH is 1. The Balaban J connectivity index is 1.65. The number of nitrogens with zero attached hydrogens (tertiary/aromatic N) is 3. The zero-order valence-corrected chi connectivity index (χ0v) is 18.1. The van der Waals surface area contributed by atoms with Gasteiger partial charge in [-0.05, 0) is 37.6 Å². The van der Waals surface area contributed by atoms with Crippen molar-refractivity contribution >= 4 is 16.8 Å². The minimum Gasteiger partial charge on any atom is -0.497 e. The summed E-state index contributed by atoms with van der Waals surface area (Å²) in [7, 11) is 5.85. The van der Waals surface area contributed by atoms with Crippen molar-refractivity contribution in [3.05, 3.63) is 29.5 Å². The van der Waals surface area contributed by atoms with Gasteiger partial charge in [-0.3, -0.25) is 4.79 Å². The van der Waals surface area contributed by atoms with Gasteiger partial charge in [0.05, 0.1) is 25.3 Å². The molecule has 2 aromatic rings. The molecule has 3 aliphatic rings. The summed E-state index contributed by atoms with van der Waals surface area (Å²) in [6, 6.07) is 5.88. The maximum absolute atomic E-state index is 13.6. The molecule has 0 radical (unpaired) electrons. The number of hydrogen-bond acceptors (Lipinski definition) is 5. The van der Waals surface area contributed by atoms with Gasteiger partial charge in [-0.1, -0.05) is 0 Å². The average molecular weight is 414 g/mol. The molecule has 5 rings (SSSR count). The highest BCUT2D eigenvalue weighted by Crippen LogP contribution is 2.49. The molecule has 3 aliphatic heterocycles. The van der Waals surface area contributed by atoms with Gasteiger partial charge >= 0.3 is 0 Å². The number of rotatable bonds is 3. The molecule has 0 unspecified atom stereocenters. The lowest BCUT2D eigenvalue weighted by Gasteiger charge is -2.56. The Bertz CT molecular complexity index is 972. The molecule has 2 fully saturated rings. The van der Waals surface area contributed by atoms with E-state index in [4.69, 9.17) is 9.47 Å². The van der Waals surface area contributed by atoms with Crippen LogP contribution >= 0.6 is 0 Å². The number of fused-ring (bicyclic) bond motifs is 4. The number of carbonyl (C=O) groups is 1. The first kappa shape index (κ1) is 19.8. The van der Waals surface area contributed by atoms with Crippen LogP contribution in [0.15, 0.2) is 18.2 Å². The number of aliphatic hydroxyl groups is 1. The Hall–Kier alpha value is -2.09. The number of amides is 1. The molecule has 2 saturated heterocycles. The van der Waals surface area contributed by atoms with Crippen molar-refractivity contribution < 1.29 is 19.4 Å². The smallest absolute Gasteiger partial charge is 0.226 e. The molecule has 1 N–H and O–H groups in total. The number of carbonyl (C=O) groups excluding carboxylic acids is 1. The molecule has 1 amide bonds. The maximum atomic E-state index is 13.6. The van der Waals surface area contributed by atoms with Crippen molar-refractivity contribution in [2.24, 2.45) is 13.0 Å². The van der Waals surface area contributed by atoms with E-state index >= 15 is 0 Å². The van der Waals surface area contributed by atoms with Gasteiger partial charge < -0.3 is 28.9 Å². The monoisotopic (exact) mass is 413 g/mol. The summed E-state index contributed by atoms with van der Waals surface area (Å²) >= 11 is 0. The van der Waals surface area contributed by atoms with Crippen LogP contribution in [-0.2, 0) is 22.0 Å². The lowest BCUT2D eigenvalue weighted by atomic mass is 9.68. The topological polar surface area (TPSA) is 67.2 Å². The maximum Gasteiger partial charge on any atom is 0.226 e. The van der Waals surface area contributed by atoms with Gasteiger partial charge in [-0.25, -0.2) is 0 Å². The highest BCUT2D eigenvalue weighted by Gasteiger charge is 2.53. The van der Waals surface area contributed by atoms with Gasteiger partial charge in [-0.15, -0.1) is 0 Å². The van der Waals surface area contributed by atoms with Crippen LogP contribution in [0.1, 0.15) is 30.1 Å². The lowest BCUT2D eigenvalue weighted by molar-refractivity contribution is -0.146. The third-order valence-corrected chi connectivity index (χ3v) is 7.32. The predicted octanol–water partition coefficient (Wildman–Crippen LogP) is 1.67. The molecule has 1 spiro atoms. The number of aryl methyl sites for hydroxylation is 1. The summed E-state index contributed by atoms with van der Waals surface area (Å²) < 4.78 is 13.1. The number of aromatic nitrogens is 1. The number of methoxy groups -OCH3 is 1. The average Bonchev–Trinajstić information content (AvgIpc) is 3.05. The van der Waals surface area contributed by atoms with Gasteiger partial charge in [0.15, 0.2) is 0 Å². The number of hydrogen-bond donors (Lipinski definition) is 1. The summed E-state index contributed by atoms with van der Waals surface area (Å²) in [5, 5.41) is 11.7. The SMILES string of the molecule is COc1ccc2c3c(n(C)c2c1)[C@@H](CO)N(C(=O)C1CCOCC1)CC31CN(C)C1. The van der Waals surface area contributed by atoms with Crippen molar-refractivity contribution in [2.45, 2.75) is 24.3 Å². The van der Waals surface area contributed by atoms with Crippen molar-refractivity contribution in [2.75, 3.05) is 53.6 Å². The highest BCUT2D eigenvalue weighted by atomic mass is 16.5. The van der Waals surface area contributed by atoms with E-state index in [2.05, 4.69) is 28.6 Å². The molecule has 7 heteroatoms. The first-order valence-electron chi connectivity index (χ1n) is 10.8. The van der Waals surface area contributed by atoms with Gasteiger partial charge in [-0.2, -0.15) is 0 Å². The van der Waals surface area contributed by atoms with E-state index in [1.807, 2.05) is 18.0 Å². The second kappa shape index (κ2) is 7.25. The van der Waals surface area contributed by atoms with Crippen LogP contribution in [-0.4, -0.2) is 79.0 Å². The van der Waals surface area contributed by atoms with E-state index in [0.717, 1.165) is 42.9 Å². The van der Waals surface area contributed by atoms with Crippen LogP contribution in [0.4, 0.5) is 0 Å². The molecule has 0 bridgehead atoms. The fourth-order valence-electron chi connectivity index (χ4n) is 6.01. The van der Waals surface area contributed by atoms with E-state index in [0.29, 0.717) is 19.8 Å². The minimum absolute atomic E-state index is 0.0148. The van der Waals surface area contributed by atoms with Crippen molar-refractivity contribution in [1.82, 2.24) is 14.4 Å². The number of ether oxygens (including phenoxy) is 2. The van der Waals surface area contributed by atoms with Crippen LogP contribution < -0.4 is 4.74 Å². The third kappa shape index (κ3) is 2.79. The highest BCUT2D eigenvalue weighted by molar-refractivity contribution is 5.90. The third-order valence-electron chi connectivity index (χ3n) is 7.32. The fraction of sp³-hybridized carbons (Fsp3) is 0.609. The molecular weight excluding hydrogens is 382 g/mol. The minimum atomic E-state index is -0.324. The summed E-state index contributed by atoms with van der Waals surface area (Å²) in [6.45, 7) is 3.70. The number of likely N-dealkylation sites (tertiary alicyclic amines) is 1. The van der Waals surface area contributed by atoms with Crippen LogP contribution in [0, 0.1) is 5.92 Å². The van der Waals surface area contributed by atoms with Crippen molar-refractivity contribution in [1.29, 1.82) is 0 Å². The quantitative estimate of drug-likeness (QED) is 0.829. The molecule has 0 aliphatic carbocycles.